The standard InChI is InChI=1S/C27H28F3N3O3/c1-15-9-16(2)11-17(10-15)19-5-6-31-14-24(19)33-27(35)23-4-3-20(28)26(32-23)25-21(29)12-18(13-22(25)30)36-8-7-34/h3-6,12-17,34H,7-11H2,1-2H3,(H,33,35)/t15-,16?,17?/m1/s1. The van der Waals surface area contributed by atoms with Crippen LogP contribution < -0.4 is 10.1 Å². The van der Waals surface area contributed by atoms with E-state index in [0.717, 1.165) is 49.1 Å². The van der Waals surface area contributed by atoms with Gasteiger partial charge in [-0.1, -0.05) is 13.8 Å². The second kappa shape index (κ2) is 11.1. The maximum Gasteiger partial charge on any atom is 0.274 e. The molecule has 9 heteroatoms. The Morgan fingerprint density at radius 2 is 1.75 bits per heavy atom. The van der Waals surface area contributed by atoms with Gasteiger partial charge in [0.05, 0.1) is 24.1 Å². The van der Waals surface area contributed by atoms with Gasteiger partial charge >= 0.3 is 0 Å². The molecular formula is C27H28F3N3O3. The Bertz CT molecular complexity index is 1220. The van der Waals surface area contributed by atoms with Crippen LogP contribution in [0.25, 0.3) is 11.3 Å². The summed E-state index contributed by atoms with van der Waals surface area (Å²) in [5, 5.41) is 11.6. The van der Waals surface area contributed by atoms with Crippen molar-refractivity contribution in [3.63, 3.8) is 0 Å². The number of ether oxygens (including phenoxy) is 1. The van der Waals surface area contributed by atoms with Gasteiger partial charge in [0.15, 0.2) is 0 Å². The molecule has 2 heterocycles. The monoisotopic (exact) mass is 499 g/mol. The van der Waals surface area contributed by atoms with Crippen molar-refractivity contribution in [2.75, 3.05) is 18.5 Å². The van der Waals surface area contributed by atoms with Gasteiger partial charge in [0.2, 0.25) is 0 Å². The summed E-state index contributed by atoms with van der Waals surface area (Å²) >= 11 is 0. The van der Waals surface area contributed by atoms with Gasteiger partial charge in [-0.25, -0.2) is 18.2 Å². The van der Waals surface area contributed by atoms with E-state index < -0.39 is 34.6 Å². The van der Waals surface area contributed by atoms with Crippen LogP contribution in [0.15, 0.2) is 42.7 Å². The molecule has 3 aromatic rings. The summed E-state index contributed by atoms with van der Waals surface area (Å²) < 4.78 is 49.0. The van der Waals surface area contributed by atoms with E-state index in [1.807, 2.05) is 6.07 Å². The van der Waals surface area contributed by atoms with Crippen LogP contribution in [-0.2, 0) is 0 Å². The normalized spacial score (nSPS) is 19.7. The molecule has 190 valence electrons. The molecule has 2 unspecified atom stereocenters. The van der Waals surface area contributed by atoms with Crippen LogP contribution in [0.4, 0.5) is 18.9 Å². The number of benzene rings is 1. The van der Waals surface area contributed by atoms with Crippen molar-refractivity contribution in [1.29, 1.82) is 0 Å². The molecule has 1 aliphatic carbocycles. The highest BCUT2D eigenvalue weighted by Gasteiger charge is 2.27. The van der Waals surface area contributed by atoms with Crippen molar-refractivity contribution in [3.05, 3.63) is 71.4 Å². The molecule has 4 rings (SSSR count). The highest BCUT2D eigenvalue weighted by molar-refractivity contribution is 6.03. The number of nitrogens with zero attached hydrogens (tertiary/aromatic N) is 2. The van der Waals surface area contributed by atoms with E-state index in [0.29, 0.717) is 17.5 Å². The summed E-state index contributed by atoms with van der Waals surface area (Å²) in [7, 11) is 0. The maximum absolute atomic E-state index is 14.7. The number of carbonyl (C=O) groups is 1. The highest BCUT2D eigenvalue weighted by Crippen LogP contribution is 2.41. The Hall–Kier alpha value is -3.46. The number of aliphatic hydroxyl groups is 1. The molecule has 1 saturated carbocycles. The third kappa shape index (κ3) is 5.67. The van der Waals surface area contributed by atoms with Gasteiger partial charge in [-0.15, -0.1) is 0 Å². The first-order chi connectivity index (χ1) is 17.3. The topological polar surface area (TPSA) is 84.3 Å². The molecule has 1 amide bonds. The number of halogens is 3. The quantitative estimate of drug-likeness (QED) is 0.434. The number of hydrogen-bond donors (Lipinski definition) is 2. The van der Waals surface area contributed by atoms with E-state index in [9.17, 15) is 18.0 Å². The third-order valence-electron chi connectivity index (χ3n) is 6.41. The number of amides is 1. The first kappa shape index (κ1) is 25.6. The lowest BCUT2D eigenvalue weighted by Crippen LogP contribution is -2.21. The number of aliphatic hydroxyl groups excluding tert-OH is 1. The van der Waals surface area contributed by atoms with Crippen molar-refractivity contribution in [2.45, 2.75) is 39.0 Å². The zero-order valence-electron chi connectivity index (χ0n) is 20.1. The summed E-state index contributed by atoms with van der Waals surface area (Å²) in [6, 6.07) is 5.73. The molecule has 0 spiro atoms. The lowest BCUT2D eigenvalue weighted by Gasteiger charge is -2.32. The smallest absolute Gasteiger partial charge is 0.274 e. The van der Waals surface area contributed by atoms with Crippen molar-refractivity contribution in [3.8, 4) is 17.0 Å². The van der Waals surface area contributed by atoms with Crippen LogP contribution >= 0.6 is 0 Å². The van der Waals surface area contributed by atoms with Gasteiger partial charge < -0.3 is 15.2 Å². The highest BCUT2D eigenvalue weighted by atomic mass is 19.1. The van der Waals surface area contributed by atoms with E-state index >= 15 is 0 Å². The Morgan fingerprint density at radius 3 is 2.42 bits per heavy atom. The SMILES string of the molecule is CC1CC(c2ccncc2NC(=O)c2ccc(F)c(-c3c(F)cc(OCCO)cc3F)n2)C[C@H](C)C1. The maximum atomic E-state index is 14.7. The summed E-state index contributed by atoms with van der Waals surface area (Å²) in [4.78, 5) is 21.1. The number of rotatable bonds is 7. The number of hydrogen-bond acceptors (Lipinski definition) is 5. The molecule has 1 aliphatic rings. The first-order valence-electron chi connectivity index (χ1n) is 11.9. The van der Waals surface area contributed by atoms with E-state index in [2.05, 4.69) is 29.1 Å². The van der Waals surface area contributed by atoms with E-state index in [1.54, 1.807) is 12.4 Å². The van der Waals surface area contributed by atoms with E-state index in [4.69, 9.17) is 9.84 Å². The van der Waals surface area contributed by atoms with E-state index in [1.165, 1.54) is 0 Å². The predicted octanol–water partition coefficient (Wildman–Crippen LogP) is 5.72. The summed E-state index contributed by atoms with van der Waals surface area (Å²) in [6.45, 7) is 3.94. The van der Waals surface area contributed by atoms with Gasteiger partial charge in [-0.3, -0.25) is 9.78 Å². The number of pyridine rings is 2. The largest absolute Gasteiger partial charge is 0.491 e. The fraction of sp³-hybridized carbons (Fsp3) is 0.370. The number of aromatic nitrogens is 2. The zero-order valence-corrected chi connectivity index (χ0v) is 20.1. The predicted molar refractivity (Wildman–Crippen MR) is 129 cm³/mol. The van der Waals surface area contributed by atoms with Crippen molar-refractivity contribution in [1.82, 2.24) is 9.97 Å². The molecule has 0 bridgehead atoms. The van der Waals surface area contributed by atoms with Crippen molar-refractivity contribution in [2.24, 2.45) is 11.8 Å². The average molecular weight is 500 g/mol. The Balaban J connectivity index is 1.62. The Kier molecular flexibility index (Phi) is 7.88. The summed E-state index contributed by atoms with van der Waals surface area (Å²) in [5.41, 5.74) is -0.0525. The molecule has 0 aliphatic heterocycles. The van der Waals surface area contributed by atoms with Gasteiger partial charge in [0.25, 0.3) is 5.91 Å². The number of carbonyl (C=O) groups excluding carboxylic acids is 1. The molecule has 2 N–H and O–H groups in total. The minimum Gasteiger partial charge on any atom is -0.491 e. The molecule has 1 aromatic carbocycles. The van der Waals surface area contributed by atoms with Crippen LogP contribution in [0.3, 0.4) is 0 Å². The minimum atomic E-state index is -1.11. The van der Waals surface area contributed by atoms with Gasteiger partial charge in [-0.05, 0) is 60.8 Å². The van der Waals surface area contributed by atoms with E-state index in [-0.39, 0.29) is 30.6 Å². The fourth-order valence-corrected chi connectivity index (χ4v) is 5.02. The summed E-state index contributed by atoms with van der Waals surface area (Å²) in [5.74, 6) is -2.64. The lowest BCUT2D eigenvalue weighted by atomic mass is 9.74. The second-order valence-corrected chi connectivity index (χ2v) is 9.39. The average Bonchev–Trinajstić information content (AvgIpc) is 2.83. The lowest BCUT2D eigenvalue weighted by molar-refractivity contribution is 0.102. The second-order valence-electron chi connectivity index (χ2n) is 9.39. The molecular weight excluding hydrogens is 471 g/mol. The first-order valence-corrected chi connectivity index (χ1v) is 11.9. The molecule has 6 nitrogen and oxygen atoms in total. The van der Waals surface area contributed by atoms with Crippen LogP contribution in [-0.4, -0.2) is 34.2 Å². The molecule has 1 fully saturated rings. The zero-order chi connectivity index (χ0) is 25.8. The van der Waals surface area contributed by atoms with Crippen LogP contribution in [0, 0.1) is 29.3 Å². The van der Waals surface area contributed by atoms with Gasteiger partial charge in [-0.2, -0.15) is 0 Å². The number of nitrogens with one attached hydrogen (secondary N) is 1. The third-order valence-corrected chi connectivity index (χ3v) is 6.41. The summed E-state index contributed by atoms with van der Waals surface area (Å²) in [6.07, 6.45) is 6.39. The van der Waals surface area contributed by atoms with Crippen LogP contribution in [0.1, 0.15) is 55.1 Å². The van der Waals surface area contributed by atoms with Gasteiger partial charge in [0, 0.05) is 18.3 Å². The Labute approximate surface area is 207 Å². The molecule has 3 atom stereocenters. The van der Waals surface area contributed by atoms with Crippen LogP contribution in [0.5, 0.6) is 5.75 Å². The Morgan fingerprint density at radius 1 is 1.06 bits per heavy atom. The molecule has 2 aromatic heterocycles. The van der Waals surface area contributed by atoms with Crippen molar-refractivity contribution < 1.29 is 27.8 Å². The molecule has 36 heavy (non-hydrogen) atoms. The number of anilines is 1. The molecule has 0 saturated heterocycles. The van der Waals surface area contributed by atoms with Crippen LogP contribution in [0.2, 0.25) is 0 Å². The molecule has 0 radical (unpaired) electrons. The fourth-order valence-electron chi connectivity index (χ4n) is 5.02. The minimum absolute atomic E-state index is 0.157. The van der Waals surface area contributed by atoms with Gasteiger partial charge in [0.1, 0.15) is 41.2 Å². The van der Waals surface area contributed by atoms with Crippen molar-refractivity contribution >= 4 is 11.6 Å².